The fraction of sp³-hybridized carbons (Fsp3) is 0.333. The number of hydrogen-bond donors (Lipinski definition) is 1. The Morgan fingerprint density at radius 1 is 1.16 bits per heavy atom. The fourth-order valence-corrected chi connectivity index (χ4v) is 3.70. The molecule has 0 bridgehead atoms. The Bertz CT molecular complexity index is 1020. The summed E-state index contributed by atoms with van der Waals surface area (Å²) in [5, 5.41) is 15.4. The maximum absolute atomic E-state index is 4.73. The summed E-state index contributed by atoms with van der Waals surface area (Å²) >= 11 is 1.64. The average molecular weight is 352 g/mol. The number of thiophene rings is 1. The van der Waals surface area contributed by atoms with E-state index >= 15 is 0 Å². The molecule has 4 rings (SSSR count). The number of nitrogens with one attached hydrogen (secondary N) is 1. The third-order valence-electron chi connectivity index (χ3n) is 4.26. The zero-order valence-corrected chi connectivity index (χ0v) is 15.3. The van der Waals surface area contributed by atoms with Gasteiger partial charge in [0.25, 0.3) is 0 Å². The van der Waals surface area contributed by atoms with Crippen LogP contribution in [0.5, 0.6) is 0 Å². The fourth-order valence-electron chi connectivity index (χ4n) is 2.92. The Morgan fingerprint density at radius 3 is 2.84 bits per heavy atom. The lowest BCUT2D eigenvalue weighted by Crippen LogP contribution is -2.21. The van der Waals surface area contributed by atoms with Gasteiger partial charge in [-0.2, -0.15) is 0 Å². The highest BCUT2D eigenvalue weighted by molar-refractivity contribution is 7.16. The molecule has 4 heterocycles. The summed E-state index contributed by atoms with van der Waals surface area (Å²) in [5.41, 5.74) is 0.850. The molecule has 0 saturated carbocycles. The maximum Gasteiger partial charge on any atom is 0.160 e. The minimum Gasteiger partial charge on any atom is -0.359 e. The number of pyridine rings is 1. The van der Waals surface area contributed by atoms with E-state index in [-0.39, 0.29) is 6.04 Å². The second-order valence-electron chi connectivity index (χ2n) is 6.33. The highest BCUT2D eigenvalue weighted by Crippen LogP contribution is 2.30. The van der Waals surface area contributed by atoms with E-state index in [0.29, 0.717) is 5.92 Å². The molecule has 0 radical (unpaired) electrons. The van der Waals surface area contributed by atoms with Crippen molar-refractivity contribution in [2.24, 2.45) is 5.92 Å². The van der Waals surface area contributed by atoms with Crippen molar-refractivity contribution < 1.29 is 0 Å². The van der Waals surface area contributed by atoms with Gasteiger partial charge in [-0.3, -0.25) is 4.40 Å². The second-order valence-corrected chi connectivity index (χ2v) is 7.23. The highest BCUT2D eigenvalue weighted by Gasteiger charge is 2.23. The van der Waals surface area contributed by atoms with Crippen LogP contribution in [0.15, 0.2) is 35.8 Å². The third kappa shape index (κ3) is 2.84. The molecule has 0 saturated heterocycles. The van der Waals surface area contributed by atoms with Gasteiger partial charge in [0.2, 0.25) is 0 Å². The molecule has 1 atom stereocenters. The number of anilines is 1. The lowest BCUT2D eigenvalue weighted by Gasteiger charge is -2.22. The zero-order valence-electron chi connectivity index (χ0n) is 14.5. The van der Waals surface area contributed by atoms with Gasteiger partial charge in [0.05, 0.1) is 11.4 Å². The molecule has 6 nitrogen and oxygen atoms in total. The minimum atomic E-state index is 0.0000983. The average Bonchev–Trinajstić information content (AvgIpc) is 3.25. The molecule has 1 N–H and O–H groups in total. The SMILES string of the molecule is CCc1nc(NC(c2nnc3ccccn23)C(C)C)c2ccsc2n1. The van der Waals surface area contributed by atoms with Gasteiger partial charge in [-0.05, 0) is 29.5 Å². The van der Waals surface area contributed by atoms with Crippen LogP contribution in [0.1, 0.15) is 38.5 Å². The highest BCUT2D eigenvalue weighted by atomic mass is 32.1. The Hall–Kier alpha value is -2.54. The van der Waals surface area contributed by atoms with E-state index in [1.807, 2.05) is 28.8 Å². The molecule has 4 aromatic rings. The summed E-state index contributed by atoms with van der Waals surface area (Å²) in [6.45, 7) is 6.42. The van der Waals surface area contributed by atoms with Gasteiger partial charge in [-0.25, -0.2) is 9.97 Å². The van der Waals surface area contributed by atoms with Crippen molar-refractivity contribution in [2.45, 2.75) is 33.2 Å². The molecule has 1 unspecified atom stereocenters. The molecule has 128 valence electrons. The first kappa shape index (κ1) is 16.0. The first-order valence-corrected chi connectivity index (χ1v) is 9.35. The summed E-state index contributed by atoms with van der Waals surface area (Å²) in [7, 11) is 0. The van der Waals surface area contributed by atoms with Crippen LogP contribution < -0.4 is 5.32 Å². The summed E-state index contributed by atoms with van der Waals surface area (Å²) < 4.78 is 2.03. The predicted molar refractivity (Wildman–Crippen MR) is 101 cm³/mol. The van der Waals surface area contributed by atoms with Gasteiger partial charge in [-0.1, -0.05) is 26.8 Å². The summed E-state index contributed by atoms with van der Waals surface area (Å²) in [5.74, 6) is 2.94. The van der Waals surface area contributed by atoms with E-state index in [4.69, 9.17) is 4.98 Å². The van der Waals surface area contributed by atoms with E-state index in [1.54, 1.807) is 11.3 Å². The van der Waals surface area contributed by atoms with Gasteiger partial charge in [0.1, 0.15) is 16.5 Å². The molecular formula is C18H20N6S. The van der Waals surface area contributed by atoms with E-state index in [1.165, 1.54) is 0 Å². The van der Waals surface area contributed by atoms with Crippen molar-refractivity contribution in [1.29, 1.82) is 0 Å². The van der Waals surface area contributed by atoms with Crippen molar-refractivity contribution >= 4 is 33.0 Å². The third-order valence-corrected chi connectivity index (χ3v) is 5.07. The van der Waals surface area contributed by atoms with E-state index in [2.05, 4.69) is 52.7 Å². The standard InChI is InChI=1S/C18H20N6S/c1-4-13-19-16(12-8-10-25-18(12)20-13)21-15(11(2)3)17-23-22-14-7-5-6-9-24(14)17/h5-11,15H,4H2,1-3H3,(H,19,20,21). The van der Waals surface area contributed by atoms with Crippen molar-refractivity contribution in [3.05, 3.63) is 47.5 Å². The molecule has 0 aliphatic carbocycles. The zero-order chi connectivity index (χ0) is 17.4. The molecule has 0 aliphatic rings. The van der Waals surface area contributed by atoms with E-state index in [9.17, 15) is 0 Å². The number of fused-ring (bicyclic) bond motifs is 2. The molecule has 25 heavy (non-hydrogen) atoms. The van der Waals surface area contributed by atoms with Crippen LogP contribution in [0.3, 0.4) is 0 Å². The molecule has 0 amide bonds. The Balaban J connectivity index is 1.80. The lowest BCUT2D eigenvalue weighted by molar-refractivity contribution is 0.516. The van der Waals surface area contributed by atoms with Crippen LogP contribution >= 0.6 is 11.3 Å². The first-order chi connectivity index (χ1) is 12.2. The second kappa shape index (κ2) is 6.40. The molecule has 0 fully saturated rings. The Labute approximate surface area is 150 Å². The van der Waals surface area contributed by atoms with Crippen LogP contribution in [0.4, 0.5) is 5.82 Å². The topological polar surface area (TPSA) is 68.0 Å². The Kier molecular flexibility index (Phi) is 4.09. The monoisotopic (exact) mass is 352 g/mol. The predicted octanol–water partition coefficient (Wildman–Crippen LogP) is 4.11. The first-order valence-electron chi connectivity index (χ1n) is 8.47. The molecule has 0 aliphatic heterocycles. The van der Waals surface area contributed by atoms with E-state index < -0.39 is 0 Å². The van der Waals surface area contributed by atoms with Crippen molar-refractivity contribution in [2.75, 3.05) is 5.32 Å². The largest absolute Gasteiger partial charge is 0.359 e. The van der Waals surface area contributed by atoms with Crippen LogP contribution in [-0.4, -0.2) is 24.6 Å². The normalized spacial score (nSPS) is 13.0. The van der Waals surface area contributed by atoms with Crippen LogP contribution in [0.2, 0.25) is 0 Å². The van der Waals surface area contributed by atoms with Crippen molar-refractivity contribution in [1.82, 2.24) is 24.6 Å². The number of aromatic nitrogens is 5. The molecule has 0 spiro atoms. The van der Waals surface area contributed by atoms with Crippen molar-refractivity contribution in [3.63, 3.8) is 0 Å². The summed E-state index contributed by atoms with van der Waals surface area (Å²) in [6.07, 6.45) is 2.81. The van der Waals surface area contributed by atoms with Crippen LogP contribution in [0.25, 0.3) is 15.9 Å². The van der Waals surface area contributed by atoms with Gasteiger partial charge >= 0.3 is 0 Å². The number of rotatable bonds is 5. The smallest absolute Gasteiger partial charge is 0.160 e. The number of hydrogen-bond acceptors (Lipinski definition) is 6. The van der Waals surface area contributed by atoms with Crippen molar-refractivity contribution in [3.8, 4) is 0 Å². The van der Waals surface area contributed by atoms with Gasteiger partial charge in [0.15, 0.2) is 11.5 Å². The molecule has 7 heteroatoms. The van der Waals surface area contributed by atoms with Gasteiger partial charge in [-0.15, -0.1) is 21.5 Å². The number of nitrogens with zero attached hydrogens (tertiary/aromatic N) is 5. The number of aryl methyl sites for hydroxylation is 1. The maximum atomic E-state index is 4.73. The van der Waals surface area contributed by atoms with Crippen LogP contribution in [0, 0.1) is 5.92 Å². The minimum absolute atomic E-state index is 0.0000983. The molecule has 0 aromatic carbocycles. The summed E-state index contributed by atoms with van der Waals surface area (Å²) in [6, 6.07) is 8.00. The molecular weight excluding hydrogens is 332 g/mol. The quantitative estimate of drug-likeness (QED) is 0.585. The molecule has 4 aromatic heterocycles. The van der Waals surface area contributed by atoms with Crippen LogP contribution in [-0.2, 0) is 6.42 Å². The van der Waals surface area contributed by atoms with Gasteiger partial charge in [0, 0.05) is 12.6 Å². The Morgan fingerprint density at radius 2 is 2.04 bits per heavy atom. The summed E-state index contributed by atoms with van der Waals surface area (Å²) in [4.78, 5) is 10.4. The van der Waals surface area contributed by atoms with Gasteiger partial charge < -0.3 is 5.32 Å². The lowest BCUT2D eigenvalue weighted by atomic mass is 10.0. The van der Waals surface area contributed by atoms with E-state index in [0.717, 1.165) is 39.8 Å².